The van der Waals surface area contributed by atoms with Gasteiger partial charge in [-0.3, -0.25) is 0 Å². The fraction of sp³-hybridized carbons (Fsp3) is 0.0769. The summed E-state index contributed by atoms with van der Waals surface area (Å²) in [6, 6.07) is 14.2. The molecule has 0 saturated heterocycles. The fourth-order valence-electron chi connectivity index (χ4n) is 1.52. The minimum Gasteiger partial charge on any atom is -0.512 e. The fourth-order valence-corrected chi connectivity index (χ4v) is 1.70. The second-order valence-corrected chi connectivity index (χ2v) is 4.22. The Bertz CT molecular complexity index is 533. The molecule has 0 aromatic heterocycles. The lowest BCUT2D eigenvalue weighted by Crippen LogP contribution is -2.20. The number of hydrogen-bond donors (Lipinski definition) is 2. The lowest BCUT2D eigenvalue weighted by atomic mass is 10.2. The highest BCUT2D eigenvalue weighted by atomic mass is 35.5. The summed E-state index contributed by atoms with van der Waals surface area (Å²) in [6.07, 6.45) is 0. The summed E-state index contributed by atoms with van der Waals surface area (Å²) >= 11 is 5.99. The van der Waals surface area contributed by atoms with E-state index >= 15 is 0 Å². The summed E-state index contributed by atoms with van der Waals surface area (Å²) in [6.45, 7) is 0.367. The molecule has 98 valence electrons. The molecule has 0 atom stereocenters. The molecule has 0 amide bonds. The van der Waals surface area contributed by atoms with Crippen LogP contribution < -0.4 is 9.39 Å². The second kappa shape index (κ2) is 6.47. The third-order valence-corrected chi connectivity index (χ3v) is 2.69. The van der Waals surface area contributed by atoms with Gasteiger partial charge in [0.2, 0.25) is 0 Å². The molecular formula is C13H12BClO4. The maximum Gasteiger partial charge on any atom is 0.707 e. The quantitative estimate of drug-likeness (QED) is 0.824. The zero-order valence-corrected chi connectivity index (χ0v) is 10.7. The van der Waals surface area contributed by atoms with Gasteiger partial charge in [0.1, 0.15) is 18.1 Å². The van der Waals surface area contributed by atoms with Gasteiger partial charge in [0.25, 0.3) is 0 Å². The van der Waals surface area contributed by atoms with Crippen LogP contribution in [0, 0.1) is 0 Å². The van der Waals surface area contributed by atoms with Crippen molar-refractivity contribution in [1.29, 1.82) is 0 Å². The highest BCUT2D eigenvalue weighted by Gasteiger charge is 2.13. The van der Waals surface area contributed by atoms with Crippen molar-refractivity contribution < 1.29 is 19.4 Å². The van der Waals surface area contributed by atoms with Crippen LogP contribution >= 0.6 is 11.6 Å². The van der Waals surface area contributed by atoms with E-state index in [1.807, 2.05) is 30.3 Å². The third kappa shape index (κ3) is 4.17. The highest BCUT2D eigenvalue weighted by Crippen LogP contribution is 2.29. The van der Waals surface area contributed by atoms with Crippen LogP contribution in [0.5, 0.6) is 11.5 Å². The Labute approximate surface area is 116 Å². The first-order valence-corrected chi connectivity index (χ1v) is 6.02. The Balaban J connectivity index is 2.06. The van der Waals surface area contributed by atoms with E-state index in [9.17, 15) is 0 Å². The van der Waals surface area contributed by atoms with Crippen molar-refractivity contribution in [2.24, 2.45) is 0 Å². The minimum atomic E-state index is -1.87. The van der Waals surface area contributed by atoms with Gasteiger partial charge in [0.15, 0.2) is 0 Å². The van der Waals surface area contributed by atoms with E-state index in [1.54, 1.807) is 6.07 Å². The monoisotopic (exact) mass is 278 g/mol. The number of ether oxygens (including phenoxy) is 1. The Morgan fingerprint density at radius 2 is 1.79 bits per heavy atom. The summed E-state index contributed by atoms with van der Waals surface area (Å²) in [5.41, 5.74) is 1.01. The Hall–Kier alpha value is -1.69. The summed E-state index contributed by atoms with van der Waals surface area (Å²) in [4.78, 5) is 0. The SMILES string of the molecule is OB(O)Oc1ccc(Cl)c(OCc2ccccc2)c1. The number of halogens is 1. The van der Waals surface area contributed by atoms with Gasteiger partial charge in [-0.25, -0.2) is 0 Å². The lowest BCUT2D eigenvalue weighted by Gasteiger charge is -2.11. The van der Waals surface area contributed by atoms with Crippen LogP contribution in [0.4, 0.5) is 0 Å². The first-order chi connectivity index (χ1) is 9.15. The van der Waals surface area contributed by atoms with Crippen molar-refractivity contribution in [2.45, 2.75) is 6.61 Å². The molecule has 0 radical (unpaired) electrons. The smallest absolute Gasteiger partial charge is 0.512 e. The van der Waals surface area contributed by atoms with Crippen molar-refractivity contribution in [3.63, 3.8) is 0 Å². The molecule has 0 heterocycles. The molecule has 0 bridgehead atoms. The maximum atomic E-state index is 8.73. The van der Waals surface area contributed by atoms with Gasteiger partial charge < -0.3 is 19.4 Å². The van der Waals surface area contributed by atoms with E-state index in [2.05, 4.69) is 0 Å². The average molecular weight is 278 g/mol. The number of hydrogen-bond acceptors (Lipinski definition) is 4. The van der Waals surface area contributed by atoms with Gasteiger partial charge in [-0.1, -0.05) is 41.9 Å². The molecule has 0 aliphatic carbocycles. The van der Waals surface area contributed by atoms with E-state index in [0.717, 1.165) is 5.56 Å². The number of rotatable bonds is 5. The molecule has 0 fully saturated rings. The summed E-state index contributed by atoms with van der Waals surface area (Å²) in [5.74, 6) is 0.686. The molecule has 0 saturated carbocycles. The Morgan fingerprint density at radius 3 is 2.47 bits per heavy atom. The molecule has 2 aromatic carbocycles. The van der Waals surface area contributed by atoms with E-state index in [4.69, 9.17) is 31.0 Å². The first-order valence-electron chi connectivity index (χ1n) is 5.64. The lowest BCUT2D eigenvalue weighted by molar-refractivity contribution is 0.284. The van der Waals surface area contributed by atoms with Crippen LogP contribution in [0.15, 0.2) is 48.5 Å². The van der Waals surface area contributed by atoms with Crippen molar-refractivity contribution in [2.75, 3.05) is 0 Å². The molecule has 19 heavy (non-hydrogen) atoms. The molecule has 0 unspecified atom stereocenters. The Morgan fingerprint density at radius 1 is 1.05 bits per heavy atom. The molecular weight excluding hydrogens is 266 g/mol. The molecule has 4 nitrogen and oxygen atoms in total. The predicted molar refractivity (Wildman–Crippen MR) is 73.0 cm³/mol. The van der Waals surface area contributed by atoms with E-state index in [1.165, 1.54) is 12.1 Å². The zero-order chi connectivity index (χ0) is 13.7. The van der Waals surface area contributed by atoms with Crippen molar-refractivity contribution >= 4 is 18.9 Å². The zero-order valence-electron chi connectivity index (χ0n) is 9.99. The van der Waals surface area contributed by atoms with Crippen LogP contribution in [0.2, 0.25) is 5.02 Å². The average Bonchev–Trinajstić information content (AvgIpc) is 2.40. The van der Waals surface area contributed by atoms with Gasteiger partial charge >= 0.3 is 7.32 Å². The van der Waals surface area contributed by atoms with Crippen molar-refractivity contribution in [1.82, 2.24) is 0 Å². The summed E-state index contributed by atoms with van der Waals surface area (Å²) in [7, 11) is -1.87. The van der Waals surface area contributed by atoms with E-state index in [-0.39, 0.29) is 5.75 Å². The van der Waals surface area contributed by atoms with Crippen LogP contribution in [0.25, 0.3) is 0 Å². The minimum absolute atomic E-state index is 0.266. The summed E-state index contributed by atoms with van der Waals surface area (Å²) in [5, 5.41) is 17.9. The van der Waals surface area contributed by atoms with Crippen LogP contribution in [-0.4, -0.2) is 17.4 Å². The van der Waals surface area contributed by atoms with Gasteiger partial charge in [-0.2, -0.15) is 0 Å². The maximum absolute atomic E-state index is 8.73. The first kappa shape index (κ1) is 13.7. The molecule has 0 aliphatic heterocycles. The van der Waals surface area contributed by atoms with Crippen LogP contribution in [0.1, 0.15) is 5.56 Å². The molecule has 2 N–H and O–H groups in total. The van der Waals surface area contributed by atoms with E-state index < -0.39 is 7.32 Å². The van der Waals surface area contributed by atoms with Gasteiger partial charge in [0.05, 0.1) is 5.02 Å². The van der Waals surface area contributed by atoms with E-state index in [0.29, 0.717) is 17.4 Å². The standard InChI is InChI=1S/C13H12BClO4/c15-12-7-6-11(19-14(16)17)8-13(12)18-9-10-4-2-1-3-5-10/h1-8,16-17H,9H2. The van der Waals surface area contributed by atoms with Crippen molar-refractivity contribution in [3.05, 3.63) is 59.1 Å². The summed E-state index contributed by atoms with van der Waals surface area (Å²) < 4.78 is 10.3. The van der Waals surface area contributed by atoms with Crippen LogP contribution in [0.3, 0.4) is 0 Å². The molecule has 2 rings (SSSR count). The molecule has 2 aromatic rings. The molecule has 0 spiro atoms. The van der Waals surface area contributed by atoms with Gasteiger partial charge in [0, 0.05) is 6.07 Å². The second-order valence-electron chi connectivity index (χ2n) is 3.81. The normalized spacial score (nSPS) is 10.1. The van der Waals surface area contributed by atoms with Crippen molar-refractivity contribution in [3.8, 4) is 11.5 Å². The predicted octanol–water partition coefficient (Wildman–Crippen LogP) is 2.27. The van der Waals surface area contributed by atoms with Gasteiger partial charge in [-0.15, -0.1) is 0 Å². The largest absolute Gasteiger partial charge is 0.707 e. The number of benzene rings is 2. The van der Waals surface area contributed by atoms with Gasteiger partial charge in [-0.05, 0) is 17.7 Å². The third-order valence-electron chi connectivity index (χ3n) is 2.38. The highest BCUT2D eigenvalue weighted by molar-refractivity contribution is 6.34. The molecule has 0 aliphatic rings. The van der Waals surface area contributed by atoms with Crippen LogP contribution in [-0.2, 0) is 6.61 Å². The molecule has 6 heteroatoms. The Kier molecular flexibility index (Phi) is 4.68. The topological polar surface area (TPSA) is 58.9 Å².